The van der Waals surface area contributed by atoms with Crippen molar-refractivity contribution in [3.63, 3.8) is 0 Å². The molecule has 0 radical (unpaired) electrons. The summed E-state index contributed by atoms with van der Waals surface area (Å²) in [7, 11) is 0. The molecule has 0 saturated heterocycles. The van der Waals surface area contributed by atoms with E-state index in [4.69, 9.17) is 19.4 Å². The molecule has 0 N–H and O–H groups in total. The fraction of sp³-hybridized carbons (Fsp3) is 0. The van der Waals surface area contributed by atoms with E-state index in [2.05, 4.69) is 96.0 Å². The number of aromatic nitrogens is 4. The Morgan fingerprint density at radius 3 is 1.39 bits per heavy atom. The molecule has 0 spiro atoms. The van der Waals surface area contributed by atoms with Crippen LogP contribution in [0.2, 0.25) is 0 Å². The van der Waals surface area contributed by atoms with Crippen LogP contribution < -0.4 is 0 Å². The van der Waals surface area contributed by atoms with Crippen molar-refractivity contribution in [2.75, 3.05) is 0 Å². The third-order valence-corrected chi connectivity index (χ3v) is 9.64. The lowest BCUT2D eigenvalue weighted by atomic mass is 9.88. The fourth-order valence-corrected chi connectivity index (χ4v) is 7.31. The Morgan fingerprint density at radius 1 is 0.333 bits per heavy atom. The maximum Gasteiger partial charge on any atom is 0.227 e. The van der Waals surface area contributed by atoms with Crippen LogP contribution in [-0.4, -0.2) is 19.9 Å². The monoisotopic (exact) mass is 652 g/mol. The van der Waals surface area contributed by atoms with Gasteiger partial charge in [0.25, 0.3) is 0 Å². The summed E-state index contributed by atoms with van der Waals surface area (Å²) in [5.41, 5.74) is 8.92. The number of furan rings is 1. The Kier molecular flexibility index (Phi) is 6.74. The van der Waals surface area contributed by atoms with E-state index in [1.54, 1.807) is 6.20 Å². The second kappa shape index (κ2) is 11.9. The Hall–Kier alpha value is -6.98. The van der Waals surface area contributed by atoms with Crippen molar-refractivity contribution in [1.82, 2.24) is 19.9 Å². The van der Waals surface area contributed by atoms with Crippen molar-refractivity contribution >= 4 is 43.6 Å². The number of benzene rings is 7. The summed E-state index contributed by atoms with van der Waals surface area (Å²) in [5.74, 6) is 1.93. The topological polar surface area (TPSA) is 64.7 Å². The summed E-state index contributed by atoms with van der Waals surface area (Å²) >= 11 is 0. The van der Waals surface area contributed by atoms with Gasteiger partial charge in [-0.25, -0.2) is 19.9 Å². The fourth-order valence-electron chi connectivity index (χ4n) is 7.31. The van der Waals surface area contributed by atoms with Gasteiger partial charge in [0.2, 0.25) is 5.71 Å². The molecule has 10 aromatic rings. The second-order valence-electron chi connectivity index (χ2n) is 12.6. The van der Waals surface area contributed by atoms with E-state index in [0.29, 0.717) is 23.2 Å². The first-order valence-corrected chi connectivity index (χ1v) is 17.0. The number of rotatable bonds is 5. The van der Waals surface area contributed by atoms with Gasteiger partial charge in [0.15, 0.2) is 17.5 Å². The standard InChI is InChI=1S/C46H28N4O/c1-3-13-29(14-4-1)43-48-44(30-15-5-2-6-16-30)50-45(49-43)39-27-26-36(33-19-9-10-20-34(33)39)35-24-25-37(32-18-8-7-17-31(32)35)38-21-11-23-41-42(38)40-22-12-28-47-46(40)51-41/h1-28H. The van der Waals surface area contributed by atoms with Crippen molar-refractivity contribution in [1.29, 1.82) is 0 Å². The molecule has 3 aromatic heterocycles. The minimum Gasteiger partial charge on any atom is -0.438 e. The van der Waals surface area contributed by atoms with E-state index in [9.17, 15) is 0 Å². The average Bonchev–Trinajstić information content (AvgIpc) is 3.60. The maximum atomic E-state index is 6.16. The van der Waals surface area contributed by atoms with Crippen LogP contribution in [0.25, 0.3) is 100 Å². The first-order valence-electron chi connectivity index (χ1n) is 17.0. The molecule has 5 heteroatoms. The van der Waals surface area contributed by atoms with Gasteiger partial charge in [-0.2, -0.15) is 0 Å². The summed E-state index contributed by atoms with van der Waals surface area (Å²) < 4.78 is 6.16. The maximum absolute atomic E-state index is 6.16. The smallest absolute Gasteiger partial charge is 0.227 e. The molecule has 0 unspecified atom stereocenters. The van der Waals surface area contributed by atoms with E-state index in [0.717, 1.165) is 66.1 Å². The van der Waals surface area contributed by atoms with Gasteiger partial charge in [0, 0.05) is 33.7 Å². The molecular weight excluding hydrogens is 625 g/mol. The molecule has 0 aliphatic rings. The highest BCUT2D eigenvalue weighted by Crippen LogP contribution is 2.43. The summed E-state index contributed by atoms with van der Waals surface area (Å²) in [4.78, 5) is 19.5. The lowest BCUT2D eigenvalue weighted by Crippen LogP contribution is -2.00. The van der Waals surface area contributed by atoms with Crippen LogP contribution in [0.3, 0.4) is 0 Å². The summed E-state index contributed by atoms with van der Waals surface area (Å²) in [6.45, 7) is 0. The minimum absolute atomic E-state index is 0.639. The Labute approximate surface area is 293 Å². The third kappa shape index (κ3) is 4.86. The first kappa shape index (κ1) is 29.0. The summed E-state index contributed by atoms with van der Waals surface area (Å²) in [5, 5.41) is 6.65. The summed E-state index contributed by atoms with van der Waals surface area (Å²) in [6, 6.07) is 56.6. The number of pyridine rings is 1. The number of hydrogen-bond acceptors (Lipinski definition) is 5. The second-order valence-corrected chi connectivity index (χ2v) is 12.6. The molecule has 0 saturated carbocycles. The van der Waals surface area contributed by atoms with Gasteiger partial charge < -0.3 is 4.42 Å². The van der Waals surface area contributed by atoms with E-state index in [-0.39, 0.29) is 0 Å². The Balaban J connectivity index is 1.17. The molecule has 51 heavy (non-hydrogen) atoms. The van der Waals surface area contributed by atoms with Crippen LogP contribution >= 0.6 is 0 Å². The molecule has 3 heterocycles. The van der Waals surface area contributed by atoms with E-state index in [1.807, 2.05) is 72.8 Å². The number of nitrogens with zero attached hydrogens (tertiary/aromatic N) is 4. The molecule has 0 amide bonds. The zero-order chi connectivity index (χ0) is 33.7. The first-order chi connectivity index (χ1) is 25.3. The van der Waals surface area contributed by atoms with Crippen molar-refractivity contribution in [3.8, 4) is 56.4 Å². The zero-order valence-electron chi connectivity index (χ0n) is 27.4. The lowest BCUT2D eigenvalue weighted by Gasteiger charge is -2.16. The molecule has 0 aliphatic carbocycles. The van der Waals surface area contributed by atoms with Gasteiger partial charge >= 0.3 is 0 Å². The Morgan fingerprint density at radius 2 is 0.804 bits per heavy atom. The number of hydrogen-bond donors (Lipinski definition) is 0. The average molecular weight is 653 g/mol. The van der Waals surface area contributed by atoms with E-state index < -0.39 is 0 Å². The van der Waals surface area contributed by atoms with Gasteiger partial charge in [-0.3, -0.25) is 0 Å². The predicted molar refractivity (Wildman–Crippen MR) is 207 cm³/mol. The van der Waals surface area contributed by atoms with Crippen molar-refractivity contribution in [2.24, 2.45) is 0 Å². The van der Waals surface area contributed by atoms with E-state index >= 15 is 0 Å². The van der Waals surface area contributed by atoms with Crippen molar-refractivity contribution in [2.45, 2.75) is 0 Å². The van der Waals surface area contributed by atoms with Crippen molar-refractivity contribution in [3.05, 3.63) is 170 Å². The molecule has 7 aromatic carbocycles. The van der Waals surface area contributed by atoms with Gasteiger partial charge in [0.1, 0.15) is 5.58 Å². The molecule has 238 valence electrons. The zero-order valence-corrected chi connectivity index (χ0v) is 27.4. The van der Waals surface area contributed by atoms with Gasteiger partial charge in [-0.15, -0.1) is 0 Å². The predicted octanol–water partition coefficient (Wildman–Crippen LogP) is 11.8. The highest BCUT2D eigenvalue weighted by Gasteiger charge is 2.19. The normalized spacial score (nSPS) is 11.5. The van der Waals surface area contributed by atoms with Crippen LogP contribution in [-0.2, 0) is 0 Å². The van der Waals surface area contributed by atoms with Crippen molar-refractivity contribution < 1.29 is 4.42 Å². The molecule has 5 nitrogen and oxygen atoms in total. The van der Waals surface area contributed by atoms with Crippen LogP contribution in [0.15, 0.2) is 174 Å². The Bertz CT molecular complexity index is 2860. The highest BCUT2D eigenvalue weighted by molar-refractivity contribution is 6.17. The minimum atomic E-state index is 0.639. The molecule has 0 atom stereocenters. The molecule has 0 aliphatic heterocycles. The molecule has 10 rings (SSSR count). The third-order valence-electron chi connectivity index (χ3n) is 9.64. The quantitative estimate of drug-likeness (QED) is 0.185. The van der Waals surface area contributed by atoms with Gasteiger partial charge in [0.05, 0.1) is 0 Å². The largest absolute Gasteiger partial charge is 0.438 e. The molecule has 0 fully saturated rings. The van der Waals surface area contributed by atoms with Crippen LogP contribution in [0, 0.1) is 0 Å². The van der Waals surface area contributed by atoms with Crippen LogP contribution in [0.4, 0.5) is 0 Å². The van der Waals surface area contributed by atoms with E-state index in [1.165, 1.54) is 10.8 Å². The number of fused-ring (bicyclic) bond motifs is 5. The SMILES string of the molecule is c1ccc(-c2nc(-c3ccccc3)nc(-c3ccc(-c4ccc(-c5cccc6oc7ncccc7c56)c5ccccc45)c4ccccc34)n2)cc1. The molecule has 0 bridgehead atoms. The van der Waals surface area contributed by atoms with Gasteiger partial charge in [-0.1, -0.05) is 140 Å². The molecular formula is C46H28N4O. The van der Waals surface area contributed by atoms with Crippen LogP contribution in [0.5, 0.6) is 0 Å². The van der Waals surface area contributed by atoms with Gasteiger partial charge in [-0.05, 0) is 68.1 Å². The van der Waals surface area contributed by atoms with Crippen LogP contribution in [0.1, 0.15) is 0 Å². The highest BCUT2D eigenvalue weighted by atomic mass is 16.3. The summed E-state index contributed by atoms with van der Waals surface area (Å²) in [6.07, 6.45) is 1.77. The lowest BCUT2D eigenvalue weighted by molar-refractivity contribution is 0.654.